The third-order valence-corrected chi connectivity index (χ3v) is 3.31. The van der Waals surface area contributed by atoms with E-state index in [0.717, 1.165) is 6.42 Å². The van der Waals surface area contributed by atoms with E-state index in [1.807, 2.05) is 13.8 Å². The number of hydrogen-bond donors (Lipinski definition) is 2. The largest absolute Gasteiger partial charge is 0.462 e. The van der Waals surface area contributed by atoms with E-state index < -0.39 is 12.0 Å². The first kappa shape index (κ1) is 18.4. The third kappa shape index (κ3) is 5.03. The second-order valence-corrected chi connectivity index (χ2v) is 5.47. The van der Waals surface area contributed by atoms with Crippen LogP contribution in [0.5, 0.6) is 0 Å². The lowest BCUT2D eigenvalue weighted by Crippen LogP contribution is -2.39. The van der Waals surface area contributed by atoms with Gasteiger partial charge in [0.05, 0.1) is 19.3 Å². The van der Waals surface area contributed by atoms with Gasteiger partial charge in [-0.2, -0.15) is 10.2 Å². The molecule has 2 aromatic heterocycles. The van der Waals surface area contributed by atoms with Crippen LogP contribution in [0.3, 0.4) is 0 Å². The molecular formula is C15H23N7O3. The maximum atomic E-state index is 12.3. The van der Waals surface area contributed by atoms with Crippen molar-refractivity contribution in [3.63, 3.8) is 0 Å². The quantitative estimate of drug-likeness (QED) is 0.693. The Labute approximate surface area is 145 Å². The fourth-order valence-corrected chi connectivity index (χ4v) is 2.28. The van der Waals surface area contributed by atoms with E-state index in [9.17, 15) is 9.59 Å². The molecule has 0 unspecified atom stereocenters. The molecule has 1 atom stereocenters. The molecular weight excluding hydrogens is 326 g/mol. The minimum Gasteiger partial charge on any atom is -0.462 e. The first-order valence-electron chi connectivity index (χ1n) is 8.18. The van der Waals surface area contributed by atoms with Crippen LogP contribution in [0.25, 0.3) is 0 Å². The zero-order valence-corrected chi connectivity index (χ0v) is 14.6. The number of nitrogens with zero attached hydrogens (tertiary/aromatic N) is 5. The number of aryl methyl sites for hydroxylation is 1. The summed E-state index contributed by atoms with van der Waals surface area (Å²) in [6.07, 6.45) is 5.22. The average Bonchev–Trinajstić information content (AvgIpc) is 3.18. The predicted molar refractivity (Wildman–Crippen MR) is 90.1 cm³/mol. The number of hydrogen-bond acceptors (Lipinski definition) is 6. The Bertz CT molecular complexity index is 696. The van der Waals surface area contributed by atoms with Crippen molar-refractivity contribution in [2.45, 2.75) is 46.3 Å². The van der Waals surface area contributed by atoms with E-state index in [-0.39, 0.29) is 18.2 Å². The third-order valence-electron chi connectivity index (χ3n) is 3.31. The maximum absolute atomic E-state index is 12.3. The predicted octanol–water partition coefficient (Wildman–Crippen LogP) is 1.27. The van der Waals surface area contributed by atoms with E-state index in [0.29, 0.717) is 18.9 Å². The molecule has 0 bridgehead atoms. The Morgan fingerprint density at radius 2 is 2.12 bits per heavy atom. The number of carbonyl (C=O) groups is 2. The summed E-state index contributed by atoms with van der Waals surface area (Å²) in [4.78, 5) is 28.2. The number of esters is 1. The van der Waals surface area contributed by atoms with Crippen molar-refractivity contribution < 1.29 is 14.3 Å². The standard InChI is InChI=1S/C15H23N7O3/c1-4-6-22-13(12(7-17-22)14(23)25-5-2)20-15(24)19-11(3)8-21-10-16-9-18-21/h7,9-11H,4-6,8H2,1-3H3,(H2,19,20,24)/t11-/m1/s1. The second-order valence-electron chi connectivity index (χ2n) is 5.47. The molecule has 2 amide bonds. The molecule has 0 saturated heterocycles. The van der Waals surface area contributed by atoms with Crippen molar-refractivity contribution in [1.29, 1.82) is 0 Å². The lowest BCUT2D eigenvalue weighted by atomic mass is 10.3. The van der Waals surface area contributed by atoms with Crippen LogP contribution in [0.2, 0.25) is 0 Å². The Balaban J connectivity index is 2.04. The highest BCUT2D eigenvalue weighted by molar-refractivity contribution is 5.99. The summed E-state index contributed by atoms with van der Waals surface area (Å²) < 4.78 is 8.21. The van der Waals surface area contributed by atoms with Crippen LogP contribution in [0.1, 0.15) is 37.6 Å². The van der Waals surface area contributed by atoms with Gasteiger partial charge in [0, 0.05) is 12.6 Å². The minimum absolute atomic E-state index is 0.185. The van der Waals surface area contributed by atoms with E-state index in [1.165, 1.54) is 12.5 Å². The number of ether oxygens (including phenoxy) is 1. The van der Waals surface area contributed by atoms with Crippen molar-refractivity contribution >= 4 is 17.8 Å². The minimum atomic E-state index is -0.518. The highest BCUT2D eigenvalue weighted by Gasteiger charge is 2.21. The molecule has 2 aromatic rings. The Morgan fingerprint density at radius 1 is 1.32 bits per heavy atom. The first-order valence-corrected chi connectivity index (χ1v) is 8.18. The van der Waals surface area contributed by atoms with E-state index >= 15 is 0 Å². The number of aromatic nitrogens is 5. The van der Waals surface area contributed by atoms with Gasteiger partial charge in [0.2, 0.25) is 0 Å². The SMILES string of the molecule is CCCn1ncc(C(=O)OCC)c1NC(=O)N[C@H](C)Cn1cncn1. The van der Waals surface area contributed by atoms with Crippen molar-refractivity contribution in [3.05, 3.63) is 24.4 Å². The zero-order chi connectivity index (χ0) is 18.2. The molecule has 2 rings (SSSR count). The molecule has 2 heterocycles. The van der Waals surface area contributed by atoms with Gasteiger partial charge < -0.3 is 10.1 Å². The summed E-state index contributed by atoms with van der Waals surface area (Å²) in [5.41, 5.74) is 0.231. The van der Waals surface area contributed by atoms with Crippen LogP contribution in [-0.2, 0) is 17.8 Å². The molecule has 0 aliphatic rings. The van der Waals surface area contributed by atoms with Gasteiger partial charge in [-0.15, -0.1) is 0 Å². The summed E-state index contributed by atoms with van der Waals surface area (Å²) in [6.45, 7) is 6.85. The summed E-state index contributed by atoms with van der Waals surface area (Å²) in [5, 5.41) is 13.6. The number of rotatable bonds is 8. The van der Waals surface area contributed by atoms with Crippen LogP contribution in [0.15, 0.2) is 18.9 Å². The van der Waals surface area contributed by atoms with Crippen LogP contribution < -0.4 is 10.6 Å². The molecule has 0 saturated carbocycles. The molecule has 10 heteroatoms. The van der Waals surface area contributed by atoms with Crippen LogP contribution in [0, 0.1) is 0 Å². The lowest BCUT2D eigenvalue weighted by molar-refractivity contribution is 0.0527. The second kappa shape index (κ2) is 8.81. The number of carbonyl (C=O) groups excluding carboxylic acids is 2. The van der Waals surface area contributed by atoms with Gasteiger partial charge in [0.15, 0.2) is 0 Å². The lowest BCUT2D eigenvalue weighted by Gasteiger charge is -2.15. The summed E-state index contributed by atoms with van der Waals surface area (Å²) >= 11 is 0. The van der Waals surface area contributed by atoms with Gasteiger partial charge in [-0.3, -0.25) is 10.00 Å². The van der Waals surface area contributed by atoms with Crippen molar-refractivity contribution in [3.8, 4) is 0 Å². The van der Waals surface area contributed by atoms with E-state index in [1.54, 1.807) is 22.6 Å². The fourth-order valence-electron chi connectivity index (χ4n) is 2.28. The van der Waals surface area contributed by atoms with Crippen LogP contribution in [0.4, 0.5) is 10.6 Å². The molecule has 136 valence electrons. The van der Waals surface area contributed by atoms with Gasteiger partial charge >= 0.3 is 12.0 Å². The van der Waals surface area contributed by atoms with Crippen LogP contribution in [-0.4, -0.2) is 49.2 Å². The molecule has 2 N–H and O–H groups in total. The van der Waals surface area contributed by atoms with Gasteiger partial charge in [-0.25, -0.2) is 19.3 Å². The van der Waals surface area contributed by atoms with Crippen molar-refractivity contribution in [2.75, 3.05) is 11.9 Å². The Hall–Kier alpha value is -2.91. The smallest absolute Gasteiger partial charge is 0.343 e. The van der Waals surface area contributed by atoms with Crippen molar-refractivity contribution in [2.24, 2.45) is 0 Å². The van der Waals surface area contributed by atoms with E-state index in [4.69, 9.17) is 4.74 Å². The van der Waals surface area contributed by atoms with Gasteiger partial charge in [-0.1, -0.05) is 6.92 Å². The summed E-state index contributed by atoms with van der Waals surface area (Å²) in [7, 11) is 0. The number of anilines is 1. The molecule has 10 nitrogen and oxygen atoms in total. The molecule has 25 heavy (non-hydrogen) atoms. The molecule has 0 aromatic carbocycles. The van der Waals surface area contributed by atoms with E-state index in [2.05, 4.69) is 25.8 Å². The molecule has 0 radical (unpaired) electrons. The Morgan fingerprint density at radius 3 is 2.76 bits per heavy atom. The van der Waals surface area contributed by atoms with Gasteiger partial charge in [0.1, 0.15) is 24.0 Å². The number of nitrogens with one attached hydrogen (secondary N) is 2. The number of urea groups is 1. The van der Waals surface area contributed by atoms with Crippen molar-refractivity contribution in [1.82, 2.24) is 29.9 Å². The van der Waals surface area contributed by atoms with Crippen LogP contribution >= 0.6 is 0 Å². The first-order chi connectivity index (χ1) is 12.0. The molecule has 0 aliphatic heterocycles. The average molecular weight is 349 g/mol. The monoisotopic (exact) mass is 349 g/mol. The molecule has 0 aliphatic carbocycles. The normalized spacial score (nSPS) is 11.8. The topological polar surface area (TPSA) is 116 Å². The van der Waals surface area contributed by atoms with Gasteiger partial charge in [0.25, 0.3) is 0 Å². The highest BCUT2D eigenvalue weighted by Crippen LogP contribution is 2.17. The fraction of sp³-hybridized carbons (Fsp3) is 0.533. The number of amides is 2. The molecule has 0 fully saturated rings. The molecule has 0 spiro atoms. The highest BCUT2D eigenvalue weighted by atomic mass is 16.5. The zero-order valence-electron chi connectivity index (χ0n) is 14.6. The summed E-state index contributed by atoms with van der Waals surface area (Å²) in [5.74, 6) is -0.193. The Kier molecular flexibility index (Phi) is 6.49. The maximum Gasteiger partial charge on any atom is 0.343 e. The summed E-state index contributed by atoms with van der Waals surface area (Å²) in [6, 6.07) is -0.619. The van der Waals surface area contributed by atoms with Gasteiger partial charge in [-0.05, 0) is 20.3 Å².